The molecule has 0 aliphatic carbocycles. The fourth-order valence-corrected chi connectivity index (χ4v) is 3.23. The maximum Gasteiger partial charge on any atom is 0.312 e. The van der Waals surface area contributed by atoms with Crippen LogP contribution in [0.15, 0.2) is 24.3 Å². The predicted octanol–water partition coefficient (Wildman–Crippen LogP) is 0.572. The highest BCUT2D eigenvalue weighted by Gasteiger charge is 2.37. The van der Waals surface area contributed by atoms with Crippen molar-refractivity contribution in [3.63, 3.8) is 0 Å². The van der Waals surface area contributed by atoms with Gasteiger partial charge in [0.25, 0.3) is 0 Å². The monoisotopic (exact) mass is 305 g/mol. The molecule has 0 aromatic heterocycles. The van der Waals surface area contributed by atoms with Crippen LogP contribution in [0.5, 0.6) is 0 Å². The Kier molecular flexibility index (Phi) is 4.11. The van der Waals surface area contributed by atoms with E-state index in [1.54, 1.807) is 4.90 Å². The van der Waals surface area contributed by atoms with Gasteiger partial charge in [0.2, 0.25) is 0 Å². The summed E-state index contributed by atoms with van der Waals surface area (Å²) in [6.45, 7) is 5.61. The molecule has 2 atom stereocenters. The minimum absolute atomic E-state index is 0.0550. The molecule has 0 unspecified atom stereocenters. The Morgan fingerprint density at radius 3 is 2.73 bits per heavy atom. The maximum atomic E-state index is 13.0. The summed E-state index contributed by atoms with van der Waals surface area (Å²) in [6.07, 6.45) is 0. The summed E-state index contributed by atoms with van der Waals surface area (Å²) < 4.78 is 13.0. The van der Waals surface area contributed by atoms with Gasteiger partial charge in [-0.3, -0.25) is 14.5 Å². The summed E-state index contributed by atoms with van der Waals surface area (Å²) in [7, 11) is 0. The standard InChI is InChI=1S/C16H20FN3O2/c1-11(12-2-4-13(17)5-3-12)9-19-6-7-20-14(10-19)8-18-15(21)16(20)22/h2-5,11,14H,6-10H2,1H3,(H,18,21)/t11-,14+/m1/s1. The van der Waals surface area contributed by atoms with Crippen LogP contribution < -0.4 is 5.32 Å². The molecular formula is C16H20FN3O2. The summed E-state index contributed by atoms with van der Waals surface area (Å²) in [5.41, 5.74) is 1.11. The quantitative estimate of drug-likeness (QED) is 0.831. The summed E-state index contributed by atoms with van der Waals surface area (Å²) in [4.78, 5) is 27.2. The van der Waals surface area contributed by atoms with Crippen molar-refractivity contribution in [1.82, 2.24) is 15.1 Å². The van der Waals surface area contributed by atoms with Crippen LogP contribution in [0.4, 0.5) is 4.39 Å². The Morgan fingerprint density at radius 1 is 1.27 bits per heavy atom. The van der Waals surface area contributed by atoms with E-state index in [4.69, 9.17) is 0 Å². The fraction of sp³-hybridized carbons (Fsp3) is 0.500. The van der Waals surface area contributed by atoms with Crippen molar-refractivity contribution in [3.05, 3.63) is 35.6 Å². The van der Waals surface area contributed by atoms with Gasteiger partial charge in [0.05, 0.1) is 6.04 Å². The predicted molar refractivity (Wildman–Crippen MR) is 79.8 cm³/mol. The number of fused-ring (bicyclic) bond motifs is 1. The lowest BCUT2D eigenvalue weighted by Crippen LogP contribution is -2.65. The molecule has 5 nitrogen and oxygen atoms in total. The lowest BCUT2D eigenvalue weighted by molar-refractivity contribution is -0.152. The number of nitrogens with one attached hydrogen (secondary N) is 1. The molecule has 0 bridgehead atoms. The third kappa shape index (κ3) is 2.97. The normalized spacial score (nSPS) is 23.9. The molecule has 2 aliphatic rings. The van der Waals surface area contributed by atoms with E-state index in [9.17, 15) is 14.0 Å². The Bertz CT molecular complexity index is 575. The lowest BCUT2D eigenvalue weighted by atomic mass is 9.99. The average Bonchev–Trinajstić information content (AvgIpc) is 2.51. The molecule has 1 aromatic carbocycles. The van der Waals surface area contributed by atoms with Gasteiger partial charge in [0, 0.05) is 32.7 Å². The smallest absolute Gasteiger partial charge is 0.312 e. The SMILES string of the molecule is C[C@H](CN1CCN2C(=O)C(=O)NC[C@H]2C1)c1ccc(F)cc1. The topological polar surface area (TPSA) is 52.7 Å². The molecule has 6 heteroatoms. The number of carbonyl (C=O) groups excluding carboxylic acids is 2. The van der Waals surface area contributed by atoms with Crippen molar-refractivity contribution < 1.29 is 14.0 Å². The van der Waals surface area contributed by atoms with Gasteiger partial charge in [-0.2, -0.15) is 0 Å². The largest absolute Gasteiger partial charge is 0.346 e. The van der Waals surface area contributed by atoms with Crippen LogP contribution in [-0.4, -0.2) is 60.4 Å². The Hall–Kier alpha value is -1.95. The van der Waals surface area contributed by atoms with Crippen molar-refractivity contribution in [2.75, 3.05) is 32.7 Å². The molecule has 1 N–H and O–H groups in total. The number of nitrogens with zero attached hydrogens (tertiary/aromatic N) is 2. The van der Waals surface area contributed by atoms with Gasteiger partial charge in [-0.25, -0.2) is 4.39 Å². The van der Waals surface area contributed by atoms with Crippen molar-refractivity contribution in [3.8, 4) is 0 Å². The second kappa shape index (κ2) is 6.04. The first-order chi connectivity index (χ1) is 10.5. The second-order valence-corrected chi connectivity index (χ2v) is 6.07. The second-order valence-electron chi connectivity index (χ2n) is 6.07. The first-order valence-corrected chi connectivity index (χ1v) is 7.61. The number of amides is 2. The highest BCUT2D eigenvalue weighted by atomic mass is 19.1. The molecule has 22 heavy (non-hydrogen) atoms. The van der Waals surface area contributed by atoms with Crippen molar-refractivity contribution in [2.24, 2.45) is 0 Å². The molecular weight excluding hydrogens is 285 g/mol. The summed E-state index contributed by atoms with van der Waals surface area (Å²) in [5, 5.41) is 2.64. The Balaban J connectivity index is 1.60. The van der Waals surface area contributed by atoms with E-state index in [0.717, 1.165) is 25.2 Å². The van der Waals surface area contributed by atoms with Crippen LogP contribution in [-0.2, 0) is 9.59 Å². The first kappa shape index (κ1) is 15.0. The van der Waals surface area contributed by atoms with E-state index in [0.29, 0.717) is 19.0 Å². The number of rotatable bonds is 3. The Morgan fingerprint density at radius 2 is 2.00 bits per heavy atom. The number of carbonyl (C=O) groups is 2. The van der Waals surface area contributed by atoms with E-state index in [2.05, 4.69) is 17.1 Å². The maximum absolute atomic E-state index is 13.0. The van der Waals surface area contributed by atoms with E-state index >= 15 is 0 Å². The van der Waals surface area contributed by atoms with Gasteiger partial charge in [-0.05, 0) is 23.6 Å². The third-order valence-corrected chi connectivity index (χ3v) is 4.49. The first-order valence-electron chi connectivity index (χ1n) is 7.61. The number of hydrogen-bond acceptors (Lipinski definition) is 3. The van der Waals surface area contributed by atoms with E-state index in [-0.39, 0.29) is 11.9 Å². The fourth-order valence-electron chi connectivity index (χ4n) is 3.23. The summed E-state index contributed by atoms with van der Waals surface area (Å²) in [6, 6.07) is 6.67. The van der Waals surface area contributed by atoms with Gasteiger partial charge >= 0.3 is 11.8 Å². The van der Waals surface area contributed by atoms with Crippen LogP contribution >= 0.6 is 0 Å². The van der Waals surface area contributed by atoms with E-state index < -0.39 is 11.8 Å². The van der Waals surface area contributed by atoms with Crippen molar-refractivity contribution in [2.45, 2.75) is 18.9 Å². The lowest BCUT2D eigenvalue weighted by Gasteiger charge is -2.44. The molecule has 2 fully saturated rings. The zero-order valence-corrected chi connectivity index (χ0v) is 12.6. The van der Waals surface area contributed by atoms with E-state index in [1.165, 1.54) is 12.1 Å². The number of benzene rings is 1. The van der Waals surface area contributed by atoms with Crippen LogP contribution in [0.1, 0.15) is 18.4 Å². The van der Waals surface area contributed by atoms with Gasteiger partial charge in [-0.1, -0.05) is 19.1 Å². The molecule has 0 spiro atoms. The van der Waals surface area contributed by atoms with Crippen LogP contribution in [0.25, 0.3) is 0 Å². The van der Waals surface area contributed by atoms with Crippen molar-refractivity contribution in [1.29, 1.82) is 0 Å². The van der Waals surface area contributed by atoms with Gasteiger partial charge < -0.3 is 10.2 Å². The minimum atomic E-state index is -0.496. The molecule has 118 valence electrons. The van der Waals surface area contributed by atoms with Crippen LogP contribution in [0.2, 0.25) is 0 Å². The highest BCUT2D eigenvalue weighted by Crippen LogP contribution is 2.20. The summed E-state index contributed by atoms with van der Waals surface area (Å²) in [5.74, 6) is -0.839. The minimum Gasteiger partial charge on any atom is -0.346 e. The molecule has 2 aliphatic heterocycles. The van der Waals surface area contributed by atoms with E-state index in [1.807, 2.05) is 12.1 Å². The molecule has 2 heterocycles. The molecule has 1 aromatic rings. The van der Waals surface area contributed by atoms with Gasteiger partial charge in [0.1, 0.15) is 5.82 Å². The van der Waals surface area contributed by atoms with Crippen LogP contribution in [0, 0.1) is 5.82 Å². The number of piperazine rings is 2. The molecule has 0 radical (unpaired) electrons. The number of hydrogen-bond donors (Lipinski definition) is 1. The molecule has 2 amide bonds. The van der Waals surface area contributed by atoms with Gasteiger partial charge in [0.15, 0.2) is 0 Å². The average molecular weight is 305 g/mol. The molecule has 0 saturated carbocycles. The summed E-state index contributed by atoms with van der Waals surface area (Å²) >= 11 is 0. The zero-order chi connectivity index (χ0) is 15.7. The highest BCUT2D eigenvalue weighted by molar-refractivity contribution is 6.35. The third-order valence-electron chi connectivity index (χ3n) is 4.49. The van der Waals surface area contributed by atoms with Crippen molar-refractivity contribution >= 4 is 11.8 Å². The van der Waals surface area contributed by atoms with Crippen LogP contribution in [0.3, 0.4) is 0 Å². The van der Waals surface area contributed by atoms with Gasteiger partial charge in [-0.15, -0.1) is 0 Å². The Labute approximate surface area is 129 Å². The molecule has 3 rings (SSSR count). The number of halogens is 1. The zero-order valence-electron chi connectivity index (χ0n) is 12.6. The molecule has 2 saturated heterocycles.